The third kappa shape index (κ3) is 9.39. The van der Waals surface area contributed by atoms with Crippen LogP contribution in [0.2, 0.25) is 0 Å². The van der Waals surface area contributed by atoms with E-state index in [0.29, 0.717) is 26.2 Å². The van der Waals surface area contributed by atoms with Crippen LogP contribution in [0.1, 0.15) is 19.3 Å². The van der Waals surface area contributed by atoms with E-state index in [0.717, 1.165) is 6.42 Å². The Morgan fingerprint density at radius 3 is 2.58 bits per heavy atom. The number of carboxylic acid groups (broad SMARTS) is 1. The molecule has 0 rings (SSSR count). The Balaban J connectivity index is 2.86. The number of rotatable bonds is 8. The van der Waals surface area contributed by atoms with Crippen LogP contribution in [0.3, 0.4) is 0 Å². The molecule has 0 amide bonds. The molecular formula is C8H16O4. The molecule has 4 nitrogen and oxygen atoms in total. The third-order valence-corrected chi connectivity index (χ3v) is 1.36. The third-order valence-electron chi connectivity index (χ3n) is 1.36. The highest BCUT2D eigenvalue weighted by Crippen LogP contribution is 1.95. The first-order valence-electron chi connectivity index (χ1n) is 4.06. The zero-order valence-electron chi connectivity index (χ0n) is 7.41. The van der Waals surface area contributed by atoms with Crippen LogP contribution in [-0.2, 0) is 14.3 Å². The van der Waals surface area contributed by atoms with Crippen molar-refractivity contribution in [2.45, 2.75) is 19.3 Å². The molecule has 72 valence electrons. The summed E-state index contributed by atoms with van der Waals surface area (Å²) >= 11 is 0. The van der Waals surface area contributed by atoms with Gasteiger partial charge in [0.15, 0.2) is 0 Å². The number of aliphatic carboxylic acids is 1. The SMILES string of the molecule is COCCOCCCCC(=O)O. The van der Waals surface area contributed by atoms with Gasteiger partial charge in [0.1, 0.15) is 0 Å². The molecule has 4 heteroatoms. The predicted octanol–water partition coefficient (Wildman–Crippen LogP) is 0.904. The first-order valence-corrected chi connectivity index (χ1v) is 4.06. The molecule has 0 aliphatic rings. The maximum Gasteiger partial charge on any atom is 0.303 e. The predicted molar refractivity (Wildman–Crippen MR) is 44.2 cm³/mol. The molecule has 0 aliphatic carbocycles. The summed E-state index contributed by atoms with van der Waals surface area (Å²) in [6.45, 7) is 1.80. The number of methoxy groups -OCH3 is 1. The number of carboxylic acids is 1. The summed E-state index contributed by atoms with van der Waals surface area (Å²) in [5.41, 5.74) is 0. The molecule has 0 saturated carbocycles. The summed E-state index contributed by atoms with van der Waals surface area (Å²) < 4.78 is 9.91. The average molecular weight is 176 g/mol. The molecule has 0 unspecified atom stereocenters. The van der Waals surface area contributed by atoms with Crippen molar-refractivity contribution in [3.05, 3.63) is 0 Å². The van der Waals surface area contributed by atoms with Crippen molar-refractivity contribution < 1.29 is 19.4 Å². The summed E-state index contributed by atoms with van der Waals surface area (Å²) in [5.74, 6) is -0.744. The Kier molecular flexibility index (Phi) is 8.05. The Hall–Kier alpha value is -0.610. The number of carbonyl (C=O) groups is 1. The molecule has 0 radical (unpaired) electrons. The van der Waals surface area contributed by atoms with Crippen molar-refractivity contribution in [3.8, 4) is 0 Å². The van der Waals surface area contributed by atoms with Gasteiger partial charge in [-0.3, -0.25) is 4.79 Å². The molecule has 0 aliphatic heterocycles. The first-order chi connectivity index (χ1) is 5.77. The van der Waals surface area contributed by atoms with Gasteiger partial charge in [0.05, 0.1) is 13.2 Å². The summed E-state index contributed by atoms with van der Waals surface area (Å²) in [7, 11) is 1.62. The van der Waals surface area contributed by atoms with Crippen LogP contribution >= 0.6 is 0 Å². The number of ether oxygens (including phenoxy) is 2. The minimum Gasteiger partial charge on any atom is -0.481 e. The topological polar surface area (TPSA) is 55.8 Å². The van der Waals surface area contributed by atoms with E-state index in [2.05, 4.69) is 0 Å². The Morgan fingerprint density at radius 1 is 1.25 bits per heavy atom. The van der Waals surface area contributed by atoms with E-state index in [-0.39, 0.29) is 6.42 Å². The van der Waals surface area contributed by atoms with Gasteiger partial charge in [-0.25, -0.2) is 0 Å². The van der Waals surface area contributed by atoms with Crippen LogP contribution in [-0.4, -0.2) is 38.0 Å². The fourth-order valence-corrected chi connectivity index (χ4v) is 0.725. The normalized spacial score (nSPS) is 10.1. The fraction of sp³-hybridized carbons (Fsp3) is 0.875. The molecule has 12 heavy (non-hydrogen) atoms. The molecule has 0 atom stereocenters. The lowest BCUT2D eigenvalue weighted by Crippen LogP contribution is -2.03. The highest BCUT2D eigenvalue weighted by molar-refractivity contribution is 5.66. The maximum atomic E-state index is 10.1. The van der Waals surface area contributed by atoms with E-state index in [1.165, 1.54) is 0 Å². The fourth-order valence-electron chi connectivity index (χ4n) is 0.725. The van der Waals surface area contributed by atoms with Crippen molar-refractivity contribution in [2.75, 3.05) is 26.9 Å². The lowest BCUT2D eigenvalue weighted by atomic mass is 10.2. The zero-order chi connectivity index (χ0) is 9.23. The molecule has 0 saturated heterocycles. The lowest BCUT2D eigenvalue weighted by molar-refractivity contribution is -0.137. The standard InChI is InChI=1S/C8H16O4/c1-11-6-7-12-5-3-2-4-8(9)10/h2-7H2,1H3,(H,9,10). The van der Waals surface area contributed by atoms with E-state index >= 15 is 0 Å². The van der Waals surface area contributed by atoms with Crippen LogP contribution in [0.5, 0.6) is 0 Å². The zero-order valence-corrected chi connectivity index (χ0v) is 7.41. The van der Waals surface area contributed by atoms with Crippen LogP contribution in [0.4, 0.5) is 0 Å². The van der Waals surface area contributed by atoms with Crippen molar-refractivity contribution in [2.24, 2.45) is 0 Å². The van der Waals surface area contributed by atoms with E-state index in [1.54, 1.807) is 7.11 Å². The van der Waals surface area contributed by atoms with Crippen LogP contribution in [0.25, 0.3) is 0 Å². The smallest absolute Gasteiger partial charge is 0.303 e. The molecule has 0 fully saturated rings. The van der Waals surface area contributed by atoms with Crippen molar-refractivity contribution in [1.82, 2.24) is 0 Å². The highest BCUT2D eigenvalue weighted by atomic mass is 16.5. The number of unbranched alkanes of at least 4 members (excludes halogenated alkanes) is 1. The summed E-state index contributed by atoms with van der Waals surface area (Å²) in [6.07, 6.45) is 1.71. The minimum absolute atomic E-state index is 0.230. The van der Waals surface area contributed by atoms with E-state index in [4.69, 9.17) is 14.6 Å². The second-order valence-corrected chi connectivity index (χ2v) is 2.46. The van der Waals surface area contributed by atoms with Crippen LogP contribution in [0, 0.1) is 0 Å². The van der Waals surface area contributed by atoms with E-state index < -0.39 is 5.97 Å². The quantitative estimate of drug-likeness (QED) is 0.558. The molecule has 0 aromatic heterocycles. The van der Waals surface area contributed by atoms with Gasteiger partial charge < -0.3 is 14.6 Å². The molecule has 1 N–H and O–H groups in total. The lowest BCUT2D eigenvalue weighted by Gasteiger charge is -2.01. The Morgan fingerprint density at radius 2 is 2.00 bits per heavy atom. The number of hydrogen-bond donors (Lipinski definition) is 1. The van der Waals surface area contributed by atoms with Crippen LogP contribution < -0.4 is 0 Å². The van der Waals surface area contributed by atoms with Gasteiger partial charge in [0.25, 0.3) is 0 Å². The van der Waals surface area contributed by atoms with Gasteiger partial charge in [-0.2, -0.15) is 0 Å². The van der Waals surface area contributed by atoms with E-state index in [1.807, 2.05) is 0 Å². The number of hydrogen-bond acceptors (Lipinski definition) is 3. The minimum atomic E-state index is -0.744. The van der Waals surface area contributed by atoms with Crippen LogP contribution in [0.15, 0.2) is 0 Å². The molecule has 0 heterocycles. The molecule has 0 aromatic rings. The van der Waals surface area contributed by atoms with Gasteiger partial charge in [-0.05, 0) is 12.8 Å². The van der Waals surface area contributed by atoms with Crippen molar-refractivity contribution >= 4 is 5.97 Å². The van der Waals surface area contributed by atoms with Gasteiger partial charge in [-0.1, -0.05) is 0 Å². The molecule has 0 spiro atoms. The monoisotopic (exact) mass is 176 g/mol. The first kappa shape index (κ1) is 11.4. The molecule has 0 bridgehead atoms. The highest BCUT2D eigenvalue weighted by Gasteiger charge is 1.95. The van der Waals surface area contributed by atoms with Gasteiger partial charge in [0, 0.05) is 20.1 Å². The van der Waals surface area contributed by atoms with E-state index in [9.17, 15) is 4.79 Å². The Labute approximate surface area is 72.5 Å². The van der Waals surface area contributed by atoms with Gasteiger partial charge in [0.2, 0.25) is 0 Å². The largest absolute Gasteiger partial charge is 0.481 e. The van der Waals surface area contributed by atoms with Crippen molar-refractivity contribution in [1.29, 1.82) is 0 Å². The van der Waals surface area contributed by atoms with Gasteiger partial charge >= 0.3 is 5.97 Å². The summed E-state index contributed by atoms with van der Waals surface area (Å²) in [5, 5.41) is 8.29. The molecule has 0 aromatic carbocycles. The Bertz CT molecular complexity index is 114. The maximum absolute atomic E-state index is 10.1. The second-order valence-electron chi connectivity index (χ2n) is 2.46. The van der Waals surface area contributed by atoms with Gasteiger partial charge in [-0.15, -0.1) is 0 Å². The van der Waals surface area contributed by atoms with Crippen molar-refractivity contribution in [3.63, 3.8) is 0 Å². The summed E-state index contributed by atoms with van der Waals surface area (Å²) in [6, 6.07) is 0. The summed E-state index contributed by atoms with van der Waals surface area (Å²) in [4.78, 5) is 10.1. The second kappa shape index (κ2) is 8.49. The average Bonchev–Trinajstić information content (AvgIpc) is 2.02. The molecular weight excluding hydrogens is 160 g/mol.